The number of nitrogens with zero attached hydrogens (tertiary/aromatic N) is 1. The first kappa shape index (κ1) is 124. The van der Waals surface area contributed by atoms with Gasteiger partial charge in [-0.05, 0) is 417 Å². The first-order valence-electron chi connectivity index (χ1n) is 61.4. The molecule has 19 heteroatoms. The molecular formula is C117H222B2ClLi2N4O2P8+3. The predicted molar refractivity (Wildman–Crippen MR) is 621 cm³/mol. The number of halogens is 1. The molecule has 16 aliphatic carbocycles. The third-order valence-electron chi connectivity index (χ3n) is 37.7. The average Bonchev–Trinajstić information content (AvgIpc) is 1.18. The fraction of sp³-hybridized carbons (Fsp3) is 0.983. The molecule has 17 rings (SSSR count). The van der Waals surface area contributed by atoms with Crippen molar-refractivity contribution >= 4 is 96.0 Å². The maximum absolute atomic E-state index is 10.6. The molecule has 136 heavy (non-hydrogen) atoms. The van der Waals surface area contributed by atoms with Gasteiger partial charge >= 0.3 is 58.9 Å². The maximum Gasteiger partial charge on any atom is 1.00 e. The number of alkyl halides is 1. The minimum atomic E-state index is -0.491. The molecule has 6 nitrogen and oxygen atoms in total. The smallest absolute Gasteiger partial charge is 0.448 e. The number of ether oxygens (including phenoxy) is 1. The van der Waals surface area contributed by atoms with Crippen LogP contribution in [-0.4, -0.2) is 218 Å². The van der Waals surface area contributed by atoms with E-state index in [1.54, 1.807) is 196 Å². The number of cyclic esters (lactones) is 1. The Morgan fingerprint density at radius 1 is 0.279 bits per heavy atom. The molecule has 0 aromatic heterocycles. The van der Waals surface area contributed by atoms with Crippen LogP contribution in [0.4, 0.5) is 4.79 Å². The zero-order valence-corrected chi connectivity index (χ0v) is 98.8. The van der Waals surface area contributed by atoms with E-state index in [-0.39, 0.29) is 91.3 Å². The van der Waals surface area contributed by atoms with Crippen molar-refractivity contribution in [3.8, 4) is 0 Å². The van der Waals surface area contributed by atoms with Crippen molar-refractivity contribution in [1.29, 1.82) is 0 Å². The maximum atomic E-state index is 10.6. The quantitative estimate of drug-likeness (QED) is 0.0190. The first-order valence-corrected chi connectivity index (χ1v) is 75.4. The second-order valence-corrected chi connectivity index (χ2v) is 70.4. The second-order valence-electron chi connectivity index (χ2n) is 47.2. The summed E-state index contributed by atoms with van der Waals surface area (Å²) in [6.07, 6.45) is 134. The molecule has 17 aliphatic rings. The number of carbonyl (C=O) groups is 1. The van der Waals surface area contributed by atoms with E-state index < -0.39 is 15.6 Å². The van der Waals surface area contributed by atoms with Gasteiger partial charge in [0.15, 0.2) is 0 Å². The topological polar surface area (TPSA) is 65.6 Å². The van der Waals surface area contributed by atoms with Crippen molar-refractivity contribution in [2.45, 2.75) is 624 Å². The van der Waals surface area contributed by atoms with Crippen molar-refractivity contribution in [3.63, 3.8) is 0 Å². The Kier molecular flexibility index (Phi) is 71.3. The van der Waals surface area contributed by atoms with Crippen LogP contribution in [0.15, 0.2) is 0 Å². The summed E-state index contributed by atoms with van der Waals surface area (Å²) in [7, 11) is 13.8. The molecule has 3 N–H and O–H groups in total. The summed E-state index contributed by atoms with van der Waals surface area (Å²) in [5, 5.41) is 12.1. The molecular weight excluding hydrogens is 1810 g/mol. The van der Waals surface area contributed by atoms with Crippen LogP contribution in [0, 0.1) is 6.92 Å². The monoisotopic (exact) mass is 2030 g/mol. The van der Waals surface area contributed by atoms with Crippen LogP contribution < -0.4 is 53.7 Å². The predicted octanol–water partition coefficient (Wildman–Crippen LogP) is 30.8. The van der Waals surface area contributed by atoms with E-state index in [9.17, 15) is 4.79 Å². The molecule has 1 aliphatic heterocycles. The fourth-order valence-corrected chi connectivity index (χ4v) is 58.3. The molecule has 4 radical (unpaired) electrons. The van der Waals surface area contributed by atoms with Crippen molar-refractivity contribution < 1.29 is 47.3 Å². The van der Waals surface area contributed by atoms with Crippen molar-refractivity contribution in [1.82, 2.24) is 20.9 Å². The summed E-state index contributed by atoms with van der Waals surface area (Å²) in [4.78, 5) is 12.2. The van der Waals surface area contributed by atoms with E-state index in [0.29, 0.717) is 25.6 Å². The van der Waals surface area contributed by atoms with Gasteiger partial charge in [0.2, 0.25) is 0 Å². The molecule has 17 fully saturated rings. The van der Waals surface area contributed by atoms with Crippen molar-refractivity contribution in [3.05, 3.63) is 6.92 Å². The SMILES string of the molecule is C1CCC(P(CCNCCP(C2CCCCC2)C2CCCCC2)C2CCCCC2)CC1.C1CCC(P(CCNCCP(C2CCCCC2)C2CCCCC2)C2CCCCC2)CC1.C1CCC(P(CCNCCP(C2CCCCC2)C2CCCCC2)C2CCCCC2)CC1.O=C1OCCN1CCCl.[B][PH+](C1CCCCC1)C1CCCCC1.[B][PH+](C1CCCCC1)C1CCCCC1.[CH2-]CCC.[Li+].[Li+]. The number of carbonyl (C=O) groups excluding carboxylic acids is 1. The van der Waals surface area contributed by atoms with Gasteiger partial charge in [-0.1, -0.05) is 318 Å². The third kappa shape index (κ3) is 47.4. The largest absolute Gasteiger partial charge is 1.00 e. The molecule has 774 valence electrons. The molecule has 0 aromatic carbocycles. The van der Waals surface area contributed by atoms with E-state index in [1.165, 1.54) is 405 Å². The Balaban J connectivity index is 0.000000189. The van der Waals surface area contributed by atoms with Gasteiger partial charge in [-0.3, -0.25) is 0 Å². The van der Waals surface area contributed by atoms with E-state index >= 15 is 0 Å². The van der Waals surface area contributed by atoms with Crippen LogP contribution in [0.3, 0.4) is 0 Å². The van der Waals surface area contributed by atoms with Crippen LogP contribution in [0.1, 0.15) is 533 Å². The van der Waals surface area contributed by atoms with Gasteiger partial charge in [-0.25, -0.2) is 4.79 Å². The van der Waals surface area contributed by atoms with E-state index in [2.05, 4.69) is 34.5 Å². The number of nitrogens with one attached hydrogen (secondary N) is 3. The molecule has 0 unspecified atom stereocenters. The molecule has 1 saturated heterocycles. The van der Waals surface area contributed by atoms with Crippen molar-refractivity contribution in [2.24, 2.45) is 0 Å². The summed E-state index contributed by atoms with van der Waals surface area (Å²) in [6.45, 7) is 15.6. The van der Waals surface area contributed by atoms with E-state index in [0.717, 1.165) is 97.0 Å². The number of unbranched alkanes of at least 4 members (excludes halogenated alkanes) is 1. The fourth-order valence-electron chi connectivity index (χ4n) is 29.7. The molecule has 0 spiro atoms. The summed E-state index contributed by atoms with van der Waals surface area (Å²) in [6, 6.07) is 0. The first-order chi connectivity index (χ1) is 66.3. The van der Waals surface area contributed by atoms with E-state index in [1.807, 2.05) is 0 Å². The summed E-state index contributed by atoms with van der Waals surface area (Å²) < 4.78 is 4.65. The van der Waals surface area contributed by atoms with Gasteiger partial charge in [0.25, 0.3) is 0 Å². The van der Waals surface area contributed by atoms with Crippen molar-refractivity contribution in [2.75, 3.05) is 102 Å². The summed E-state index contributed by atoms with van der Waals surface area (Å²) >= 11 is 5.40. The third-order valence-corrected chi connectivity index (χ3v) is 65.8. The molecule has 0 aromatic rings. The summed E-state index contributed by atoms with van der Waals surface area (Å²) in [5.74, 6) is 0.481. The van der Waals surface area contributed by atoms with Crippen LogP contribution in [0.2, 0.25) is 0 Å². The van der Waals surface area contributed by atoms with Gasteiger partial charge in [-0.15, -0.1) is 11.6 Å². The van der Waals surface area contributed by atoms with Crippen LogP contribution in [-0.2, 0) is 4.74 Å². The standard InChI is InChI=1S/3C28H53NP2.2C12H23BP.C5H8ClNO2.C4H9.2Li/c3*1-5-13-25(14-6-1)30(26-15-7-2-8-16-26)23-21-29-22-24-31(27-17-9-3-10-18-27)28-19-11-4-12-20-28;2*13-14(11-7-3-1-4-8-11)12-9-5-2-6-10-12;6-1-2-7-3-4-9-5(7)8;1-3-4-2;;/h3*25-29H,1-24H2;2*11-12,14H,1-10H2;1-4H2;1,3-4H2,2H3;;/q;;;2*+1;;-1;2*+1. The van der Waals surface area contributed by atoms with Crippen LogP contribution >= 0.6 is 74.7 Å². The minimum Gasteiger partial charge on any atom is -0.448 e. The zero-order valence-electron chi connectivity index (χ0n) is 90.7. The summed E-state index contributed by atoms with van der Waals surface area (Å²) in [5.41, 5.74) is 17.5. The molecule has 0 bridgehead atoms. The second kappa shape index (κ2) is 78.4. The van der Waals surface area contributed by atoms with Gasteiger partial charge in [0.05, 0.1) is 29.2 Å². The van der Waals surface area contributed by atoms with E-state index in [4.69, 9.17) is 26.7 Å². The molecule has 1 heterocycles. The Labute approximate surface area is 889 Å². The zero-order chi connectivity index (χ0) is 93.1. The molecule has 16 saturated carbocycles. The Hall–Kier alpha value is 4.20. The number of hydrogen-bond donors (Lipinski definition) is 3. The Bertz CT molecular complexity index is 2260. The van der Waals surface area contributed by atoms with Gasteiger partial charge < -0.3 is 32.5 Å². The Morgan fingerprint density at radius 2 is 0.419 bits per heavy atom. The normalized spacial score (nSPS) is 24.8. The van der Waals surface area contributed by atoms with Gasteiger partial charge in [0.1, 0.15) is 6.61 Å². The number of amides is 1. The minimum absolute atomic E-state index is 0. The van der Waals surface area contributed by atoms with Gasteiger partial charge in [0, 0.05) is 12.4 Å². The molecule has 1 amide bonds. The Morgan fingerprint density at radius 3 is 0.537 bits per heavy atom. The number of rotatable bonds is 37. The molecule has 0 atom stereocenters. The number of hydrogen-bond acceptors (Lipinski definition) is 5. The van der Waals surface area contributed by atoms with Gasteiger partial charge in [-0.2, -0.15) is 6.42 Å². The van der Waals surface area contributed by atoms with Crippen LogP contribution in [0.5, 0.6) is 0 Å². The average molecular weight is 2040 g/mol. The van der Waals surface area contributed by atoms with Crippen LogP contribution in [0.25, 0.3) is 0 Å².